The molecule has 1 saturated heterocycles. The van der Waals surface area contributed by atoms with Crippen LogP contribution in [-0.4, -0.2) is 55.5 Å². The number of benzene rings is 2. The second-order valence-corrected chi connectivity index (χ2v) is 7.18. The molecule has 26 heavy (non-hydrogen) atoms. The minimum Gasteiger partial charge on any atom is -0.497 e. The Morgan fingerprint density at radius 2 is 1.81 bits per heavy atom. The number of methoxy groups -OCH3 is 1. The molecular formula is C20H22Cl2N2O2. The smallest absolute Gasteiger partial charge is 0.253 e. The second-order valence-electron chi connectivity index (χ2n) is 6.36. The zero-order chi connectivity index (χ0) is 18.5. The molecule has 0 saturated carbocycles. The molecule has 1 amide bonds. The molecule has 2 aromatic carbocycles. The third-order valence-electron chi connectivity index (χ3n) is 4.68. The van der Waals surface area contributed by atoms with E-state index in [0.29, 0.717) is 15.6 Å². The Morgan fingerprint density at radius 1 is 1.04 bits per heavy atom. The van der Waals surface area contributed by atoms with Crippen LogP contribution in [0.25, 0.3) is 0 Å². The van der Waals surface area contributed by atoms with Gasteiger partial charge in [-0.3, -0.25) is 9.69 Å². The Bertz CT molecular complexity index is 774. The van der Waals surface area contributed by atoms with Crippen molar-refractivity contribution >= 4 is 29.1 Å². The van der Waals surface area contributed by atoms with Crippen molar-refractivity contribution in [1.29, 1.82) is 0 Å². The molecule has 0 bridgehead atoms. The van der Waals surface area contributed by atoms with E-state index >= 15 is 0 Å². The Morgan fingerprint density at radius 3 is 2.50 bits per heavy atom. The topological polar surface area (TPSA) is 32.8 Å². The molecule has 1 aliphatic rings. The molecule has 0 aromatic heterocycles. The summed E-state index contributed by atoms with van der Waals surface area (Å²) in [6.07, 6.45) is 0.970. The van der Waals surface area contributed by atoms with Gasteiger partial charge in [0, 0.05) is 38.3 Å². The fourth-order valence-corrected chi connectivity index (χ4v) is 3.40. The lowest BCUT2D eigenvalue weighted by Crippen LogP contribution is -2.49. The lowest BCUT2D eigenvalue weighted by Gasteiger charge is -2.34. The van der Waals surface area contributed by atoms with Crippen LogP contribution in [0.4, 0.5) is 0 Å². The highest BCUT2D eigenvalue weighted by Gasteiger charge is 2.22. The predicted octanol–water partition coefficient (Wildman–Crippen LogP) is 4.00. The molecule has 2 aromatic rings. The van der Waals surface area contributed by atoms with E-state index in [4.69, 9.17) is 27.9 Å². The number of carbonyl (C=O) groups is 1. The molecule has 3 rings (SSSR count). The highest BCUT2D eigenvalue weighted by atomic mass is 35.5. The maximum atomic E-state index is 12.6. The first-order valence-corrected chi connectivity index (χ1v) is 9.42. The molecule has 0 N–H and O–H groups in total. The molecule has 138 valence electrons. The normalized spacial score (nSPS) is 15.1. The summed E-state index contributed by atoms with van der Waals surface area (Å²) in [5.74, 6) is 0.899. The average Bonchev–Trinajstić information content (AvgIpc) is 2.68. The Labute approximate surface area is 164 Å². The molecule has 4 nitrogen and oxygen atoms in total. The Kier molecular flexibility index (Phi) is 6.41. The van der Waals surface area contributed by atoms with Crippen molar-refractivity contribution in [3.63, 3.8) is 0 Å². The maximum absolute atomic E-state index is 12.6. The highest BCUT2D eigenvalue weighted by molar-refractivity contribution is 6.42. The highest BCUT2D eigenvalue weighted by Crippen LogP contribution is 2.23. The van der Waals surface area contributed by atoms with Gasteiger partial charge in [0.05, 0.1) is 17.2 Å². The second kappa shape index (κ2) is 8.76. The van der Waals surface area contributed by atoms with Crippen LogP contribution in [0.15, 0.2) is 42.5 Å². The molecule has 0 radical (unpaired) electrons. The number of amides is 1. The SMILES string of the molecule is COc1cccc(CCN2CCN(C(=O)c3ccc(Cl)c(Cl)c3)CC2)c1. The molecule has 1 heterocycles. The van der Waals surface area contributed by atoms with Crippen molar-refractivity contribution in [2.45, 2.75) is 6.42 Å². The van der Waals surface area contributed by atoms with Gasteiger partial charge in [0.25, 0.3) is 5.91 Å². The number of rotatable bonds is 5. The van der Waals surface area contributed by atoms with Crippen LogP contribution in [0, 0.1) is 0 Å². The van der Waals surface area contributed by atoms with Gasteiger partial charge in [-0.05, 0) is 42.3 Å². The summed E-state index contributed by atoms with van der Waals surface area (Å²) in [6, 6.07) is 13.2. The molecule has 0 aliphatic carbocycles. The Hall–Kier alpha value is -1.75. The fourth-order valence-electron chi connectivity index (χ4n) is 3.10. The first-order chi connectivity index (χ1) is 12.6. The van der Waals surface area contributed by atoms with E-state index in [1.54, 1.807) is 25.3 Å². The molecule has 1 fully saturated rings. The van der Waals surface area contributed by atoms with Gasteiger partial charge in [0.15, 0.2) is 0 Å². The quantitative estimate of drug-likeness (QED) is 0.770. The number of halogens is 2. The summed E-state index contributed by atoms with van der Waals surface area (Å²) < 4.78 is 5.27. The summed E-state index contributed by atoms with van der Waals surface area (Å²) >= 11 is 11.9. The van der Waals surface area contributed by atoms with Gasteiger partial charge in [-0.2, -0.15) is 0 Å². The summed E-state index contributed by atoms with van der Waals surface area (Å²) in [5, 5.41) is 0.875. The molecule has 6 heteroatoms. The maximum Gasteiger partial charge on any atom is 0.253 e. The van der Waals surface area contributed by atoms with E-state index in [2.05, 4.69) is 17.0 Å². The Balaban J connectivity index is 1.50. The lowest BCUT2D eigenvalue weighted by molar-refractivity contribution is 0.0638. The monoisotopic (exact) mass is 392 g/mol. The zero-order valence-electron chi connectivity index (χ0n) is 14.8. The summed E-state index contributed by atoms with van der Waals surface area (Å²) in [7, 11) is 1.68. The number of carbonyl (C=O) groups excluding carboxylic acids is 1. The van der Waals surface area contributed by atoms with Crippen molar-refractivity contribution < 1.29 is 9.53 Å². The van der Waals surface area contributed by atoms with Crippen LogP contribution in [-0.2, 0) is 6.42 Å². The van der Waals surface area contributed by atoms with E-state index in [1.807, 2.05) is 17.0 Å². The van der Waals surface area contributed by atoms with Crippen molar-refractivity contribution in [2.24, 2.45) is 0 Å². The number of hydrogen-bond acceptors (Lipinski definition) is 3. The van der Waals surface area contributed by atoms with Crippen molar-refractivity contribution in [2.75, 3.05) is 39.8 Å². The summed E-state index contributed by atoms with van der Waals surface area (Å²) in [4.78, 5) is 16.9. The van der Waals surface area contributed by atoms with Crippen molar-refractivity contribution in [1.82, 2.24) is 9.80 Å². The van der Waals surface area contributed by atoms with Gasteiger partial charge >= 0.3 is 0 Å². The fraction of sp³-hybridized carbons (Fsp3) is 0.350. The minimum atomic E-state index is 0.0102. The van der Waals surface area contributed by atoms with Gasteiger partial charge in [-0.15, -0.1) is 0 Å². The third kappa shape index (κ3) is 4.70. The molecule has 0 unspecified atom stereocenters. The van der Waals surface area contributed by atoms with Crippen LogP contribution in [0.3, 0.4) is 0 Å². The molecule has 1 aliphatic heterocycles. The summed E-state index contributed by atoms with van der Waals surface area (Å²) in [5.41, 5.74) is 1.85. The van der Waals surface area contributed by atoms with Crippen LogP contribution in [0.1, 0.15) is 15.9 Å². The van der Waals surface area contributed by atoms with Crippen LogP contribution >= 0.6 is 23.2 Å². The van der Waals surface area contributed by atoms with Gasteiger partial charge in [-0.1, -0.05) is 35.3 Å². The lowest BCUT2D eigenvalue weighted by atomic mass is 10.1. The first kappa shape index (κ1) is 19.0. The average molecular weight is 393 g/mol. The van der Waals surface area contributed by atoms with Gasteiger partial charge in [0.1, 0.15) is 5.75 Å². The van der Waals surface area contributed by atoms with E-state index in [1.165, 1.54) is 5.56 Å². The molecular weight excluding hydrogens is 371 g/mol. The number of hydrogen-bond donors (Lipinski definition) is 0. The van der Waals surface area contributed by atoms with E-state index in [0.717, 1.165) is 44.9 Å². The van der Waals surface area contributed by atoms with Crippen molar-refractivity contribution in [3.8, 4) is 5.75 Å². The van der Waals surface area contributed by atoms with Crippen molar-refractivity contribution in [3.05, 3.63) is 63.6 Å². The van der Waals surface area contributed by atoms with Gasteiger partial charge in [-0.25, -0.2) is 0 Å². The van der Waals surface area contributed by atoms with E-state index < -0.39 is 0 Å². The zero-order valence-corrected chi connectivity index (χ0v) is 16.3. The largest absolute Gasteiger partial charge is 0.497 e. The minimum absolute atomic E-state index is 0.0102. The van der Waals surface area contributed by atoms with Gasteiger partial charge in [0.2, 0.25) is 0 Å². The molecule has 0 spiro atoms. The third-order valence-corrected chi connectivity index (χ3v) is 5.42. The first-order valence-electron chi connectivity index (χ1n) is 8.66. The van der Waals surface area contributed by atoms with Crippen LogP contribution in [0.2, 0.25) is 10.0 Å². The van der Waals surface area contributed by atoms with Gasteiger partial charge < -0.3 is 9.64 Å². The van der Waals surface area contributed by atoms with Crippen LogP contribution in [0.5, 0.6) is 5.75 Å². The van der Waals surface area contributed by atoms with E-state index in [9.17, 15) is 4.79 Å². The number of piperazine rings is 1. The number of nitrogens with zero attached hydrogens (tertiary/aromatic N) is 2. The predicted molar refractivity (Wildman–Crippen MR) is 106 cm³/mol. The summed E-state index contributed by atoms with van der Waals surface area (Å²) in [6.45, 7) is 4.16. The standard InChI is InChI=1S/C20H22Cl2N2O2/c1-26-17-4-2-3-15(13-17)7-8-23-9-11-24(12-10-23)20(25)16-5-6-18(21)19(22)14-16/h2-6,13-14H,7-12H2,1H3. The number of ether oxygens (including phenoxy) is 1. The van der Waals surface area contributed by atoms with Crippen LogP contribution < -0.4 is 4.74 Å². The van der Waals surface area contributed by atoms with E-state index in [-0.39, 0.29) is 5.91 Å². The molecule has 0 atom stereocenters.